The lowest BCUT2D eigenvalue weighted by molar-refractivity contribution is -0.870. The van der Waals surface area contributed by atoms with Crippen LogP contribution in [-0.4, -0.2) is 70.7 Å². The van der Waals surface area contributed by atoms with E-state index in [4.69, 9.17) is 18.5 Å². The van der Waals surface area contributed by atoms with Gasteiger partial charge >= 0.3 is 5.97 Å². The van der Waals surface area contributed by atoms with Gasteiger partial charge in [-0.3, -0.25) is 9.36 Å². The summed E-state index contributed by atoms with van der Waals surface area (Å²) in [6, 6.07) is 0. The fraction of sp³-hybridized carbons (Fsp3) is 0.860. The van der Waals surface area contributed by atoms with Crippen molar-refractivity contribution in [1.29, 1.82) is 0 Å². The van der Waals surface area contributed by atoms with Crippen LogP contribution in [0.15, 0.2) is 36.5 Å². The lowest BCUT2D eigenvalue weighted by Gasteiger charge is -2.28. The van der Waals surface area contributed by atoms with Crippen LogP contribution in [0.2, 0.25) is 0 Å². The maximum atomic E-state index is 12.7. The minimum Gasteiger partial charge on any atom is -0.756 e. The van der Waals surface area contributed by atoms with Gasteiger partial charge in [-0.25, -0.2) is 0 Å². The van der Waals surface area contributed by atoms with Crippen molar-refractivity contribution in [2.45, 2.75) is 225 Å². The number of hydrogen-bond donors (Lipinski definition) is 0. The second-order valence-corrected chi connectivity index (χ2v) is 19.2. The number of carbonyl (C=O) groups excluding carboxylic acids is 1. The molecule has 8 nitrogen and oxygen atoms in total. The zero-order valence-corrected chi connectivity index (χ0v) is 40.4. The van der Waals surface area contributed by atoms with Crippen molar-refractivity contribution >= 4 is 13.8 Å². The molecule has 0 amide bonds. The zero-order chi connectivity index (χ0) is 43.4. The molecule has 0 spiro atoms. The summed E-state index contributed by atoms with van der Waals surface area (Å²) in [4.78, 5) is 25.1. The predicted molar refractivity (Wildman–Crippen MR) is 250 cm³/mol. The molecule has 0 saturated carbocycles. The standard InChI is InChI=1S/C50H96NO7P/c1-6-8-10-12-14-16-18-20-21-22-23-24-25-26-27-28-29-30-31-32-33-35-37-39-41-43-50(52)58-49(48-57-59(53,54)56-46-44-51(3,4)5)47-55-45-42-40-38-36-34-19-17-15-13-11-9-7-2/h18,20,22-23,25-26,49H,6-17,19,21,24,27-48H2,1-5H3/b20-18-,23-22-,26-25-. The van der Waals surface area contributed by atoms with Gasteiger partial charge in [0.2, 0.25) is 0 Å². The van der Waals surface area contributed by atoms with Crippen LogP contribution >= 0.6 is 7.82 Å². The largest absolute Gasteiger partial charge is 0.756 e. The first kappa shape index (κ1) is 57.7. The molecule has 0 aliphatic heterocycles. The van der Waals surface area contributed by atoms with Gasteiger partial charge in [-0.15, -0.1) is 0 Å². The smallest absolute Gasteiger partial charge is 0.306 e. The van der Waals surface area contributed by atoms with Gasteiger partial charge in [0.05, 0.1) is 34.4 Å². The Labute approximate surface area is 365 Å². The fourth-order valence-electron chi connectivity index (χ4n) is 6.85. The molecule has 0 bridgehead atoms. The summed E-state index contributed by atoms with van der Waals surface area (Å²) in [5.74, 6) is -0.336. The quantitative estimate of drug-likeness (QED) is 0.0198. The van der Waals surface area contributed by atoms with Crippen molar-refractivity contribution in [3.8, 4) is 0 Å². The van der Waals surface area contributed by atoms with E-state index in [-0.39, 0.29) is 25.8 Å². The van der Waals surface area contributed by atoms with E-state index < -0.39 is 13.9 Å². The van der Waals surface area contributed by atoms with Crippen molar-refractivity contribution in [3.63, 3.8) is 0 Å². The van der Waals surface area contributed by atoms with Gasteiger partial charge in [-0.05, 0) is 51.4 Å². The molecular formula is C50H96NO7P. The number of likely N-dealkylation sites (N-methyl/N-ethyl adjacent to an activating group) is 1. The first-order chi connectivity index (χ1) is 28.6. The van der Waals surface area contributed by atoms with Crippen LogP contribution in [0, 0.1) is 0 Å². The van der Waals surface area contributed by atoms with E-state index in [1.807, 2.05) is 21.1 Å². The SMILES string of the molecule is CCCCCCC/C=C\C/C=C\C/C=C\CCCCCCCCCCCCC(=O)OC(COCCCCCCCCCCCCCC)COP(=O)([O-])OCC[N+](C)(C)C. The van der Waals surface area contributed by atoms with E-state index in [2.05, 4.69) is 50.3 Å². The Kier molecular flexibility index (Phi) is 42.4. The minimum atomic E-state index is -4.52. The summed E-state index contributed by atoms with van der Waals surface area (Å²) < 4.78 is 34.6. The fourth-order valence-corrected chi connectivity index (χ4v) is 7.58. The number of nitrogens with zero attached hydrogens (tertiary/aromatic N) is 1. The number of hydrogen-bond acceptors (Lipinski definition) is 7. The van der Waals surface area contributed by atoms with Crippen molar-refractivity contribution in [2.24, 2.45) is 0 Å². The molecule has 0 fully saturated rings. The van der Waals surface area contributed by atoms with Crippen molar-refractivity contribution < 1.29 is 37.3 Å². The van der Waals surface area contributed by atoms with Crippen LogP contribution in [0.1, 0.15) is 219 Å². The maximum Gasteiger partial charge on any atom is 0.306 e. The Balaban J connectivity index is 4.09. The van der Waals surface area contributed by atoms with E-state index in [0.717, 1.165) is 44.9 Å². The van der Waals surface area contributed by atoms with Crippen molar-refractivity contribution in [3.05, 3.63) is 36.5 Å². The highest BCUT2D eigenvalue weighted by atomic mass is 31.2. The molecule has 0 saturated heterocycles. The molecule has 0 N–H and O–H groups in total. The van der Waals surface area contributed by atoms with Gasteiger partial charge in [0.1, 0.15) is 19.3 Å². The third-order valence-corrected chi connectivity index (χ3v) is 11.7. The maximum absolute atomic E-state index is 12.7. The normalized spacial score (nSPS) is 13.9. The number of phosphoric acid groups is 1. The number of ether oxygens (including phenoxy) is 2. The second kappa shape index (κ2) is 43.4. The minimum absolute atomic E-state index is 0.0264. The summed E-state index contributed by atoms with van der Waals surface area (Å²) in [5.41, 5.74) is 0. The Bertz CT molecular complexity index is 1040. The molecule has 348 valence electrons. The van der Waals surface area contributed by atoms with Crippen LogP contribution in [0.4, 0.5) is 0 Å². The molecule has 0 radical (unpaired) electrons. The third-order valence-electron chi connectivity index (χ3n) is 10.7. The Morgan fingerprint density at radius 2 is 0.932 bits per heavy atom. The van der Waals surface area contributed by atoms with Crippen LogP contribution in [0.5, 0.6) is 0 Å². The number of quaternary nitrogens is 1. The molecule has 2 unspecified atom stereocenters. The molecule has 0 aromatic heterocycles. The van der Waals surface area contributed by atoms with E-state index in [0.29, 0.717) is 24.1 Å². The van der Waals surface area contributed by atoms with E-state index in [1.54, 1.807) is 0 Å². The molecule has 0 aromatic carbocycles. The molecule has 0 aromatic rings. The highest BCUT2D eigenvalue weighted by Crippen LogP contribution is 2.38. The first-order valence-corrected chi connectivity index (χ1v) is 26.2. The predicted octanol–water partition coefficient (Wildman–Crippen LogP) is 14.3. The molecule has 0 aliphatic rings. The van der Waals surface area contributed by atoms with Crippen LogP contribution in [0.25, 0.3) is 0 Å². The van der Waals surface area contributed by atoms with Crippen molar-refractivity contribution in [1.82, 2.24) is 0 Å². The number of allylic oxidation sites excluding steroid dienone is 6. The van der Waals surface area contributed by atoms with Gasteiger partial charge in [-0.2, -0.15) is 0 Å². The lowest BCUT2D eigenvalue weighted by Crippen LogP contribution is -2.37. The Morgan fingerprint density at radius 3 is 1.39 bits per heavy atom. The first-order valence-electron chi connectivity index (χ1n) is 24.7. The highest BCUT2D eigenvalue weighted by molar-refractivity contribution is 7.45. The highest BCUT2D eigenvalue weighted by Gasteiger charge is 2.20. The van der Waals surface area contributed by atoms with Crippen molar-refractivity contribution in [2.75, 3.05) is 54.1 Å². The summed E-state index contributed by atoms with van der Waals surface area (Å²) in [5, 5.41) is 0. The van der Waals surface area contributed by atoms with Gasteiger partial charge in [0.25, 0.3) is 7.82 Å². The average Bonchev–Trinajstić information content (AvgIpc) is 3.19. The zero-order valence-electron chi connectivity index (χ0n) is 39.5. The molecule has 9 heteroatoms. The van der Waals surface area contributed by atoms with E-state index in [1.165, 1.54) is 154 Å². The second-order valence-electron chi connectivity index (χ2n) is 17.8. The molecule has 0 heterocycles. The van der Waals surface area contributed by atoms with E-state index in [9.17, 15) is 14.3 Å². The summed E-state index contributed by atoms with van der Waals surface area (Å²) in [6.07, 6.45) is 51.6. The lowest BCUT2D eigenvalue weighted by atomic mass is 10.0. The molecule has 59 heavy (non-hydrogen) atoms. The molecule has 0 aliphatic carbocycles. The van der Waals surface area contributed by atoms with Gasteiger partial charge in [-0.1, -0.05) is 198 Å². The van der Waals surface area contributed by atoms with Gasteiger partial charge in [0.15, 0.2) is 0 Å². The number of phosphoric ester groups is 1. The number of rotatable bonds is 46. The average molecular weight is 854 g/mol. The third kappa shape index (κ3) is 47.6. The molecular weight excluding hydrogens is 758 g/mol. The number of carbonyl (C=O) groups is 1. The van der Waals surface area contributed by atoms with E-state index >= 15 is 0 Å². The van der Waals surface area contributed by atoms with Gasteiger partial charge < -0.3 is 27.9 Å². The van der Waals surface area contributed by atoms with Gasteiger partial charge in [0, 0.05) is 13.0 Å². The summed E-state index contributed by atoms with van der Waals surface area (Å²) >= 11 is 0. The Morgan fingerprint density at radius 1 is 0.525 bits per heavy atom. The summed E-state index contributed by atoms with van der Waals surface area (Å²) in [7, 11) is 1.36. The Hall–Kier alpha value is -1.28. The number of unbranched alkanes of at least 4 members (excludes halogenated alkanes) is 26. The van der Waals surface area contributed by atoms with Crippen LogP contribution < -0.4 is 4.89 Å². The van der Waals surface area contributed by atoms with Crippen LogP contribution in [0.3, 0.4) is 0 Å². The molecule has 2 atom stereocenters. The monoisotopic (exact) mass is 854 g/mol. The molecule has 0 rings (SSSR count). The topological polar surface area (TPSA) is 94.1 Å². The number of esters is 1. The summed E-state index contributed by atoms with van der Waals surface area (Å²) in [6.45, 7) is 5.42. The van der Waals surface area contributed by atoms with Crippen LogP contribution in [-0.2, 0) is 27.9 Å².